The van der Waals surface area contributed by atoms with E-state index in [-0.39, 0.29) is 41.5 Å². The molecule has 0 saturated carbocycles. The fraction of sp³-hybridized carbons (Fsp3) is 0.448. The van der Waals surface area contributed by atoms with E-state index in [9.17, 15) is 9.90 Å². The Labute approximate surface area is 201 Å². The fourth-order valence-corrected chi connectivity index (χ4v) is 6.15. The van der Waals surface area contributed by atoms with Crippen molar-refractivity contribution < 1.29 is 24.2 Å². The number of hydrogen-bond acceptors (Lipinski definition) is 5. The van der Waals surface area contributed by atoms with Gasteiger partial charge in [-0.25, -0.2) is 0 Å². The lowest BCUT2D eigenvalue weighted by atomic mass is 9.72. The maximum absolute atomic E-state index is 13.6. The van der Waals surface area contributed by atoms with Crippen molar-refractivity contribution in [3.63, 3.8) is 0 Å². The van der Waals surface area contributed by atoms with Crippen LogP contribution in [0.25, 0.3) is 5.57 Å². The number of aliphatic hydroxyl groups is 1. The van der Waals surface area contributed by atoms with Crippen LogP contribution < -0.4 is 0 Å². The summed E-state index contributed by atoms with van der Waals surface area (Å²) >= 11 is 0. The Balaban J connectivity index is 0.000000636. The van der Waals surface area contributed by atoms with E-state index >= 15 is 0 Å². The van der Waals surface area contributed by atoms with Crippen LogP contribution in [-0.2, 0) is 31.9 Å². The molecule has 0 amide bonds. The summed E-state index contributed by atoms with van der Waals surface area (Å²) < 4.78 is 10.1. The monoisotopic (exact) mass is 462 g/mol. The number of ether oxygens (including phenoxy) is 2. The summed E-state index contributed by atoms with van der Waals surface area (Å²) in [5.41, 5.74) is 7.57. The molecule has 2 bridgehead atoms. The predicted octanol–water partition coefficient (Wildman–Crippen LogP) is 5.26. The molecular weight excluding hydrogens is 428 g/mol. The average Bonchev–Trinajstić information content (AvgIpc) is 3.50. The van der Waals surface area contributed by atoms with Crippen molar-refractivity contribution in [3.05, 3.63) is 75.5 Å². The molecule has 2 aliphatic heterocycles. The van der Waals surface area contributed by atoms with Crippen molar-refractivity contribution in [1.29, 1.82) is 0 Å². The van der Waals surface area contributed by atoms with Gasteiger partial charge in [-0.2, -0.15) is 0 Å². The number of fused-ring (bicyclic) bond motifs is 5. The lowest BCUT2D eigenvalue weighted by molar-refractivity contribution is -0.126. The van der Waals surface area contributed by atoms with E-state index in [1.54, 1.807) is 0 Å². The van der Waals surface area contributed by atoms with Gasteiger partial charge in [0.05, 0.1) is 36.7 Å². The molecule has 1 N–H and O–H groups in total. The molecule has 0 radical (unpaired) electrons. The van der Waals surface area contributed by atoms with Crippen molar-refractivity contribution in [2.45, 2.75) is 65.1 Å². The third-order valence-electron chi connectivity index (χ3n) is 7.50. The number of aliphatic hydroxyl groups excluding tert-OH is 1. The van der Waals surface area contributed by atoms with Gasteiger partial charge in [-0.1, -0.05) is 61.4 Å². The number of ketones is 1. The Morgan fingerprint density at radius 2 is 1.71 bits per heavy atom. The first-order chi connectivity index (χ1) is 16.4. The van der Waals surface area contributed by atoms with Gasteiger partial charge in [0.15, 0.2) is 5.78 Å². The highest BCUT2D eigenvalue weighted by molar-refractivity contribution is 6.26. The summed E-state index contributed by atoms with van der Waals surface area (Å²) in [4.78, 5) is 22.6. The fourth-order valence-electron chi connectivity index (χ4n) is 6.15. The second-order valence-electron chi connectivity index (χ2n) is 9.57. The molecular formula is C29H34O5. The molecule has 3 aliphatic rings. The van der Waals surface area contributed by atoms with E-state index in [0.29, 0.717) is 12.0 Å². The summed E-state index contributed by atoms with van der Waals surface area (Å²) in [6.45, 7) is 8.82. The van der Waals surface area contributed by atoms with Gasteiger partial charge >= 0.3 is 0 Å². The first-order valence-corrected chi connectivity index (χ1v) is 12.1. The summed E-state index contributed by atoms with van der Waals surface area (Å²) in [6, 6.07) is 12.9. The van der Waals surface area contributed by atoms with Crippen molar-refractivity contribution in [3.8, 4) is 0 Å². The Kier molecular flexibility index (Phi) is 6.94. The van der Waals surface area contributed by atoms with Crippen LogP contribution in [0.1, 0.15) is 59.6 Å². The SMILES string of the molecule is CCc1cc(C)cc(CC)c1C1=C(O)[C@@H]2C3OC(CC3c3cccc(C)c3)[C@@H]2C1=O.COC=O. The predicted molar refractivity (Wildman–Crippen MR) is 132 cm³/mol. The number of rotatable bonds is 5. The van der Waals surface area contributed by atoms with Gasteiger partial charge in [0.1, 0.15) is 5.76 Å². The van der Waals surface area contributed by atoms with Gasteiger partial charge in [-0.3, -0.25) is 9.59 Å². The van der Waals surface area contributed by atoms with E-state index in [1.165, 1.54) is 23.8 Å². The molecule has 5 nitrogen and oxygen atoms in total. The largest absolute Gasteiger partial charge is 0.511 e. The van der Waals surface area contributed by atoms with Crippen LogP contribution in [0.4, 0.5) is 0 Å². The normalized spacial score (nSPS) is 26.9. The van der Waals surface area contributed by atoms with Crippen molar-refractivity contribution in [2.24, 2.45) is 11.8 Å². The minimum absolute atomic E-state index is 0.0842. The molecule has 34 heavy (non-hydrogen) atoms. The highest BCUT2D eigenvalue weighted by Crippen LogP contribution is 2.58. The number of allylic oxidation sites excluding steroid dienone is 1. The van der Waals surface area contributed by atoms with Crippen LogP contribution in [0, 0.1) is 25.7 Å². The van der Waals surface area contributed by atoms with Gasteiger partial charge in [-0.15, -0.1) is 0 Å². The Morgan fingerprint density at radius 3 is 2.26 bits per heavy atom. The molecule has 180 valence electrons. The summed E-state index contributed by atoms with van der Waals surface area (Å²) in [5, 5.41) is 11.4. The number of Topliss-reactive ketones (excluding diaryl/α,β-unsaturated/α-hetero) is 1. The van der Waals surface area contributed by atoms with E-state index in [0.717, 1.165) is 36.0 Å². The topological polar surface area (TPSA) is 72.8 Å². The molecule has 5 rings (SSSR count). The molecule has 5 atom stereocenters. The van der Waals surface area contributed by atoms with Gasteiger partial charge < -0.3 is 14.6 Å². The van der Waals surface area contributed by atoms with Crippen LogP contribution in [0.2, 0.25) is 0 Å². The quantitative estimate of drug-likeness (QED) is 0.614. The number of hydrogen-bond donors (Lipinski definition) is 1. The van der Waals surface area contributed by atoms with E-state index in [2.05, 4.69) is 68.8 Å². The highest BCUT2D eigenvalue weighted by Gasteiger charge is 2.62. The third-order valence-corrected chi connectivity index (χ3v) is 7.50. The van der Waals surface area contributed by atoms with Crippen molar-refractivity contribution in [1.82, 2.24) is 0 Å². The zero-order valence-corrected chi connectivity index (χ0v) is 20.6. The standard InChI is InChI=1S/C27H30O3.C2H4O2/c1-5-16-11-15(4)12-17(6-2)21(16)23-25(28)22-20-13-19(18-9-7-8-14(3)10-18)27(30-20)24(22)26(23)29;1-4-2-3/h7-12,19-20,22,24,27,29H,5-6,13H2,1-4H3;2H,1H3/t19?,20?,22-,24+,27?;/m0./s1. The van der Waals surface area contributed by atoms with E-state index in [4.69, 9.17) is 9.53 Å². The smallest absolute Gasteiger partial charge is 0.292 e. The Hall–Kier alpha value is -2.92. The first-order valence-electron chi connectivity index (χ1n) is 12.1. The van der Waals surface area contributed by atoms with E-state index in [1.807, 2.05) is 0 Å². The van der Waals surface area contributed by atoms with Crippen LogP contribution >= 0.6 is 0 Å². The second kappa shape index (κ2) is 9.75. The molecule has 2 heterocycles. The number of carbonyl (C=O) groups excluding carboxylic acids is 2. The molecule has 3 unspecified atom stereocenters. The molecule has 2 aromatic carbocycles. The lowest BCUT2D eigenvalue weighted by Gasteiger charge is -2.28. The maximum atomic E-state index is 13.6. The van der Waals surface area contributed by atoms with Crippen LogP contribution in [0.3, 0.4) is 0 Å². The first kappa shape index (κ1) is 24.2. The minimum atomic E-state index is -0.234. The van der Waals surface area contributed by atoms with Gasteiger partial charge in [0.25, 0.3) is 6.47 Å². The Bertz CT molecular complexity index is 1110. The Morgan fingerprint density at radius 1 is 1.06 bits per heavy atom. The summed E-state index contributed by atoms with van der Waals surface area (Å²) in [5.74, 6) is 0.137. The van der Waals surface area contributed by atoms with E-state index < -0.39 is 0 Å². The average molecular weight is 463 g/mol. The summed E-state index contributed by atoms with van der Waals surface area (Å²) in [7, 11) is 1.31. The number of aryl methyl sites for hydroxylation is 4. The maximum Gasteiger partial charge on any atom is 0.292 e. The molecule has 2 aromatic rings. The number of carbonyl (C=O) groups is 2. The molecule has 0 aromatic heterocycles. The highest BCUT2D eigenvalue weighted by atomic mass is 16.5. The molecule has 2 fully saturated rings. The number of benzene rings is 2. The van der Waals surface area contributed by atoms with Crippen molar-refractivity contribution in [2.75, 3.05) is 7.11 Å². The molecule has 0 spiro atoms. The lowest BCUT2D eigenvalue weighted by Crippen LogP contribution is -2.33. The third kappa shape index (κ3) is 3.96. The van der Waals surface area contributed by atoms with Crippen LogP contribution in [-0.4, -0.2) is 36.7 Å². The van der Waals surface area contributed by atoms with Crippen LogP contribution in [0.5, 0.6) is 0 Å². The molecule has 5 heteroatoms. The van der Waals surface area contributed by atoms with Gasteiger partial charge in [0.2, 0.25) is 0 Å². The zero-order chi connectivity index (χ0) is 24.6. The van der Waals surface area contributed by atoms with Gasteiger partial charge in [-0.05, 0) is 55.4 Å². The molecule has 2 saturated heterocycles. The second-order valence-corrected chi connectivity index (χ2v) is 9.57. The molecule has 1 aliphatic carbocycles. The minimum Gasteiger partial charge on any atom is -0.511 e. The van der Waals surface area contributed by atoms with Crippen molar-refractivity contribution >= 4 is 17.8 Å². The zero-order valence-electron chi connectivity index (χ0n) is 20.6. The van der Waals surface area contributed by atoms with Crippen LogP contribution in [0.15, 0.2) is 42.2 Å². The summed E-state index contributed by atoms with van der Waals surface area (Å²) in [6.07, 6.45) is 2.33. The number of methoxy groups -OCH3 is 1. The van der Waals surface area contributed by atoms with Gasteiger partial charge in [0, 0.05) is 5.92 Å².